The number of aliphatic imine (C=N–C) groups is 1. The summed E-state index contributed by atoms with van der Waals surface area (Å²) < 4.78 is 10.6. The van der Waals surface area contributed by atoms with E-state index in [4.69, 9.17) is 9.26 Å². The van der Waals surface area contributed by atoms with Crippen molar-refractivity contribution in [3.63, 3.8) is 0 Å². The van der Waals surface area contributed by atoms with Crippen molar-refractivity contribution in [2.45, 2.75) is 39.5 Å². The van der Waals surface area contributed by atoms with Gasteiger partial charge in [-0.3, -0.25) is 4.99 Å². The molecule has 7 heteroatoms. The van der Waals surface area contributed by atoms with Gasteiger partial charge in [0.25, 0.3) is 0 Å². The van der Waals surface area contributed by atoms with Crippen LogP contribution >= 0.6 is 24.0 Å². The standard InChI is InChI=1S/C18H26N4O2.HI/c1-13(2)17-9-16(24-22-17)11-21-18(19-3)20-10-14-7-5-6-8-15(14)12-23-4;/h5-9,13H,10-12H2,1-4H3,(H2,19,20,21);1H. The van der Waals surface area contributed by atoms with Crippen LogP contribution in [-0.4, -0.2) is 25.3 Å². The second-order valence-corrected chi connectivity index (χ2v) is 5.85. The molecule has 0 unspecified atom stereocenters. The van der Waals surface area contributed by atoms with Gasteiger partial charge in [-0.25, -0.2) is 0 Å². The first-order chi connectivity index (χ1) is 11.6. The highest BCUT2D eigenvalue weighted by Crippen LogP contribution is 2.13. The molecule has 1 heterocycles. The van der Waals surface area contributed by atoms with Gasteiger partial charge < -0.3 is 19.9 Å². The highest BCUT2D eigenvalue weighted by molar-refractivity contribution is 14.0. The van der Waals surface area contributed by atoms with Crippen LogP contribution < -0.4 is 10.6 Å². The zero-order valence-electron chi connectivity index (χ0n) is 15.2. The van der Waals surface area contributed by atoms with Gasteiger partial charge in [-0.1, -0.05) is 43.3 Å². The first kappa shape index (κ1) is 21.4. The Morgan fingerprint density at radius 3 is 2.48 bits per heavy atom. The number of methoxy groups -OCH3 is 1. The number of ether oxygens (including phenoxy) is 1. The highest BCUT2D eigenvalue weighted by Gasteiger charge is 2.08. The molecule has 0 radical (unpaired) electrons. The van der Waals surface area contributed by atoms with Gasteiger partial charge in [0, 0.05) is 26.8 Å². The lowest BCUT2D eigenvalue weighted by Gasteiger charge is -2.13. The lowest BCUT2D eigenvalue weighted by Crippen LogP contribution is -2.36. The minimum atomic E-state index is 0. The van der Waals surface area contributed by atoms with Crippen LogP contribution in [0.4, 0.5) is 0 Å². The first-order valence-corrected chi connectivity index (χ1v) is 8.09. The number of benzene rings is 1. The van der Waals surface area contributed by atoms with Crippen LogP contribution in [0.3, 0.4) is 0 Å². The molecule has 25 heavy (non-hydrogen) atoms. The van der Waals surface area contributed by atoms with E-state index in [-0.39, 0.29) is 24.0 Å². The van der Waals surface area contributed by atoms with Gasteiger partial charge in [-0.2, -0.15) is 0 Å². The van der Waals surface area contributed by atoms with Crippen molar-refractivity contribution >= 4 is 29.9 Å². The SMILES string of the molecule is CN=C(NCc1cc(C(C)C)no1)NCc1ccccc1COC.I. The molecule has 0 fully saturated rings. The van der Waals surface area contributed by atoms with E-state index in [1.54, 1.807) is 14.2 Å². The van der Waals surface area contributed by atoms with Gasteiger partial charge in [0.1, 0.15) is 0 Å². The van der Waals surface area contributed by atoms with Crippen molar-refractivity contribution < 1.29 is 9.26 Å². The van der Waals surface area contributed by atoms with Gasteiger partial charge in [-0.05, 0) is 17.0 Å². The first-order valence-electron chi connectivity index (χ1n) is 8.09. The Hall–Kier alpha value is -1.61. The fourth-order valence-electron chi connectivity index (χ4n) is 2.28. The fraction of sp³-hybridized carbons (Fsp3) is 0.444. The molecule has 2 aromatic rings. The Morgan fingerprint density at radius 2 is 1.88 bits per heavy atom. The number of aromatic nitrogens is 1. The number of nitrogens with one attached hydrogen (secondary N) is 2. The minimum Gasteiger partial charge on any atom is -0.380 e. The lowest BCUT2D eigenvalue weighted by atomic mass is 10.1. The van der Waals surface area contributed by atoms with Crippen molar-refractivity contribution in [1.82, 2.24) is 15.8 Å². The molecule has 0 bridgehead atoms. The maximum absolute atomic E-state index is 5.32. The summed E-state index contributed by atoms with van der Waals surface area (Å²) in [4.78, 5) is 4.24. The number of nitrogens with zero attached hydrogens (tertiary/aromatic N) is 2. The van der Waals surface area contributed by atoms with Crippen LogP contribution in [0.25, 0.3) is 0 Å². The molecular weight excluding hydrogens is 431 g/mol. The van der Waals surface area contributed by atoms with Crippen LogP contribution in [0, 0.1) is 0 Å². The molecule has 1 aromatic heterocycles. The summed E-state index contributed by atoms with van der Waals surface area (Å²) in [6, 6.07) is 10.2. The molecule has 0 saturated heterocycles. The summed E-state index contributed by atoms with van der Waals surface area (Å²) in [6.07, 6.45) is 0. The summed E-state index contributed by atoms with van der Waals surface area (Å²) >= 11 is 0. The van der Waals surface area contributed by atoms with Crippen molar-refractivity contribution in [1.29, 1.82) is 0 Å². The zero-order chi connectivity index (χ0) is 17.4. The minimum absolute atomic E-state index is 0. The third-order valence-electron chi connectivity index (χ3n) is 3.69. The Morgan fingerprint density at radius 1 is 1.20 bits per heavy atom. The molecule has 2 N–H and O–H groups in total. The van der Waals surface area contributed by atoms with Crippen molar-refractivity contribution in [2.75, 3.05) is 14.2 Å². The normalized spacial score (nSPS) is 11.3. The topological polar surface area (TPSA) is 71.7 Å². The Balaban J connectivity index is 0.00000312. The average Bonchev–Trinajstić information content (AvgIpc) is 3.06. The van der Waals surface area contributed by atoms with Crippen molar-refractivity contribution in [2.24, 2.45) is 4.99 Å². The van der Waals surface area contributed by atoms with Crippen LogP contribution in [0.1, 0.15) is 42.3 Å². The molecular formula is C18H27IN4O2. The number of guanidine groups is 1. The van der Waals surface area contributed by atoms with Crippen LogP contribution in [0.5, 0.6) is 0 Å². The quantitative estimate of drug-likeness (QED) is 0.378. The van der Waals surface area contributed by atoms with Crippen LogP contribution in [-0.2, 0) is 24.4 Å². The highest BCUT2D eigenvalue weighted by atomic mass is 127. The Labute approximate surface area is 166 Å². The molecule has 0 aliphatic rings. The average molecular weight is 458 g/mol. The van der Waals surface area contributed by atoms with Crippen molar-refractivity contribution in [3.8, 4) is 0 Å². The maximum atomic E-state index is 5.32. The molecule has 0 aliphatic heterocycles. The third-order valence-corrected chi connectivity index (χ3v) is 3.69. The molecule has 0 aliphatic carbocycles. The largest absolute Gasteiger partial charge is 0.380 e. The molecule has 1 aromatic carbocycles. The van der Waals surface area contributed by atoms with Gasteiger partial charge in [0.05, 0.1) is 18.8 Å². The number of hydrogen-bond acceptors (Lipinski definition) is 4. The smallest absolute Gasteiger partial charge is 0.191 e. The Kier molecular flexibility index (Phi) is 9.51. The summed E-state index contributed by atoms with van der Waals surface area (Å²) in [6.45, 7) is 5.99. The molecule has 138 valence electrons. The third kappa shape index (κ3) is 6.66. The molecule has 2 rings (SSSR count). The molecule has 0 saturated carbocycles. The van der Waals surface area contributed by atoms with E-state index in [0.29, 0.717) is 31.6 Å². The van der Waals surface area contributed by atoms with Gasteiger partial charge >= 0.3 is 0 Å². The lowest BCUT2D eigenvalue weighted by molar-refractivity contribution is 0.184. The summed E-state index contributed by atoms with van der Waals surface area (Å²) in [5, 5.41) is 10.6. The van der Waals surface area contributed by atoms with Crippen molar-refractivity contribution in [3.05, 3.63) is 52.9 Å². The summed E-state index contributed by atoms with van der Waals surface area (Å²) in [5.41, 5.74) is 3.31. The van der Waals surface area contributed by atoms with E-state index in [9.17, 15) is 0 Å². The van der Waals surface area contributed by atoms with E-state index < -0.39 is 0 Å². The van der Waals surface area contributed by atoms with E-state index in [2.05, 4.69) is 46.8 Å². The number of halogens is 1. The second kappa shape index (κ2) is 11.1. The maximum Gasteiger partial charge on any atom is 0.191 e. The summed E-state index contributed by atoms with van der Waals surface area (Å²) in [7, 11) is 3.45. The van der Waals surface area contributed by atoms with E-state index >= 15 is 0 Å². The molecule has 0 spiro atoms. The summed E-state index contributed by atoms with van der Waals surface area (Å²) in [5.74, 6) is 1.86. The van der Waals surface area contributed by atoms with Gasteiger partial charge in [-0.15, -0.1) is 24.0 Å². The number of rotatable bonds is 7. The predicted molar refractivity (Wildman–Crippen MR) is 110 cm³/mol. The zero-order valence-corrected chi connectivity index (χ0v) is 17.5. The molecule has 0 amide bonds. The Bertz CT molecular complexity index is 671. The van der Waals surface area contributed by atoms with Crippen LogP contribution in [0.2, 0.25) is 0 Å². The molecule has 6 nitrogen and oxygen atoms in total. The van der Waals surface area contributed by atoms with E-state index in [0.717, 1.165) is 11.5 Å². The van der Waals surface area contributed by atoms with Gasteiger partial charge in [0.15, 0.2) is 11.7 Å². The predicted octanol–water partition coefficient (Wildman–Crippen LogP) is 3.43. The number of hydrogen-bond donors (Lipinski definition) is 2. The van der Waals surface area contributed by atoms with Crippen LogP contribution in [0.15, 0.2) is 39.8 Å². The van der Waals surface area contributed by atoms with Gasteiger partial charge in [0.2, 0.25) is 0 Å². The van der Waals surface area contributed by atoms with E-state index in [1.807, 2.05) is 18.2 Å². The second-order valence-electron chi connectivity index (χ2n) is 5.85. The van der Waals surface area contributed by atoms with E-state index in [1.165, 1.54) is 11.1 Å². The molecule has 0 atom stereocenters. The fourth-order valence-corrected chi connectivity index (χ4v) is 2.28. The monoisotopic (exact) mass is 458 g/mol.